The van der Waals surface area contributed by atoms with Crippen molar-refractivity contribution in [3.8, 4) is 11.5 Å². The van der Waals surface area contributed by atoms with Crippen molar-refractivity contribution in [2.75, 3.05) is 47.1 Å². The van der Waals surface area contributed by atoms with E-state index in [0.717, 1.165) is 24.2 Å². The molecule has 3 rings (SSSR count). The SMILES string of the molecule is COc1ccc([C@@H](CNC(=O)N[C@@H](C)c2ccccc2)N2CCOCC2)cc1OC. The van der Waals surface area contributed by atoms with Gasteiger partial charge >= 0.3 is 6.03 Å². The zero-order valence-electron chi connectivity index (χ0n) is 17.9. The normalized spacial score (nSPS) is 16.4. The van der Waals surface area contributed by atoms with E-state index in [-0.39, 0.29) is 18.1 Å². The van der Waals surface area contributed by atoms with Crippen molar-refractivity contribution in [2.24, 2.45) is 0 Å². The van der Waals surface area contributed by atoms with Gasteiger partial charge in [-0.05, 0) is 30.2 Å². The molecule has 2 aromatic carbocycles. The average Bonchev–Trinajstić information content (AvgIpc) is 2.80. The number of rotatable bonds is 8. The number of urea groups is 1. The minimum Gasteiger partial charge on any atom is -0.493 e. The molecular weight excluding hydrogens is 382 g/mol. The van der Waals surface area contributed by atoms with Crippen LogP contribution in [-0.4, -0.2) is 58.0 Å². The fourth-order valence-electron chi connectivity index (χ4n) is 3.67. The topological polar surface area (TPSA) is 72.1 Å². The van der Waals surface area contributed by atoms with Gasteiger partial charge in [-0.2, -0.15) is 0 Å². The molecule has 1 aliphatic heterocycles. The summed E-state index contributed by atoms with van der Waals surface area (Å²) in [6, 6.07) is 15.6. The molecule has 7 nitrogen and oxygen atoms in total. The van der Waals surface area contributed by atoms with Gasteiger partial charge in [-0.3, -0.25) is 4.90 Å². The van der Waals surface area contributed by atoms with Crippen molar-refractivity contribution in [3.05, 3.63) is 59.7 Å². The van der Waals surface area contributed by atoms with E-state index < -0.39 is 0 Å². The molecule has 162 valence electrons. The Morgan fingerprint density at radius 3 is 2.40 bits per heavy atom. The monoisotopic (exact) mass is 413 g/mol. The Morgan fingerprint density at radius 1 is 1.03 bits per heavy atom. The second-order valence-electron chi connectivity index (χ2n) is 7.27. The van der Waals surface area contributed by atoms with Gasteiger partial charge in [0.2, 0.25) is 0 Å². The number of hydrogen-bond acceptors (Lipinski definition) is 5. The summed E-state index contributed by atoms with van der Waals surface area (Å²) >= 11 is 0. The van der Waals surface area contributed by atoms with E-state index in [1.54, 1.807) is 14.2 Å². The number of benzene rings is 2. The largest absolute Gasteiger partial charge is 0.493 e. The van der Waals surface area contributed by atoms with Crippen LogP contribution >= 0.6 is 0 Å². The molecule has 2 N–H and O–H groups in total. The van der Waals surface area contributed by atoms with E-state index in [2.05, 4.69) is 15.5 Å². The van der Waals surface area contributed by atoms with Crippen LogP contribution in [-0.2, 0) is 4.74 Å². The number of amides is 2. The third-order valence-corrected chi connectivity index (χ3v) is 5.38. The maximum atomic E-state index is 12.6. The lowest BCUT2D eigenvalue weighted by molar-refractivity contribution is 0.0166. The molecule has 1 saturated heterocycles. The Labute approximate surface area is 178 Å². The maximum absolute atomic E-state index is 12.6. The van der Waals surface area contributed by atoms with E-state index in [0.29, 0.717) is 31.3 Å². The number of methoxy groups -OCH3 is 2. The van der Waals surface area contributed by atoms with Crippen molar-refractivity contribution >= 4 is 6.03 Å². The van der Waals surface area contributed by atoms with Crippen LogP contribution in [0.5, 0.6) is 11.5 Å². The van der Waals surface area contributed by atoms with Crippen LogP contribution in [0.1, 0.15) is 30.1 Å². The van der Waals surface area contributed by atoms with Gasteiger partial charge in [0.15, 0.2) is 11.5 Å². The number of carbonyl (C=O) groups excluding carboxylic acids is 1. The highest BCUT2D eigenvalue weighted by molar-refractivity contribution is 5.74. The predicted octanol–water partition coefficient (Wildman–Crippen LogP) is 3.14. The predicted molar refractivity (Wildman–Crippen MR) is 116 cm³/mol. The number of nitrogens with one attached hydrogen (secondary N) is 2. The summed E-state index contributed by atoms with van der Waals surface area (Å²) in [4.78, 5) is 14.9. The minimum absolute atomic E-state index is 0.00601. The molecule has 1 fully saturated rings. The smallest absolute Gasteiger partial charge is 0.315 e. The summed E-state index contributed by atoms with van der Waals surface area (Å²) in [5.74, 6) is 1.36. The van der Waals surface area contributed by atoms with Crippen LogP contribution < -0.4 is 20.1 Å². The highest BCUT2D eigenvalue weighted by atomic mass is 16.5. The molecule has 7 heteroatoms. The second kappa shape index (κ2) is 10.8. The third kappa shape index (κ3) is 5.64. The van der Waals surface area contributed by atoms with Crippen molar-refractivity contribution in [3.63, 3.8) is 0 Å². The maximum Gasteiger partial charge on any atom is 0.315 e. The molecule has 0 spiro atoms. The molecule has 30 heavy (non-hydrogen) atoms. The van der Waals surface area contributed by atoms with Gasteiger partial charge in [0.05, 0.1) is 39.5 Å². The number of morpholine rings is 1. The molecule has 2 aromatic rings. The van der Waals surface area contributed by atoms with Crippen LogP contribution in [0.2, 0.25) is 0 Å². The quantitative estimate of drug-likeness (QED) is 0.696. The first-order valence-electron chi connectivity index (χ1n) is 10.3. The molecule has 1 heterocycles. The number of hydrogen-bond donors (Lipinski definition) is 2. The van der Waals surface area contributed by atoms with E-state index in [1.807, 2.05) is 55.5 Å². The van der Waals surface area contributed by atoms with Crippen LogP contribution in [0.25, 0.3) is 0 Å². The van der Waals surface area contributed by atoms with Crippen LogP contribution in [0.4, 0.5) is 4.79 Å². The summed E-state index contributed by atoms with van der Waals surface area (Å²) in [5.41, 5.74) is 2.13. The van der Waals surface area contributed by atoms with Gasteiger partial charge in [-0.25, -0.2) is 4.79 Å². The zero-order chi connectivity index (χ0) is 21.3. The minimum atomic E-state index is -0.190. The van der Waals surface area contributed by atoms with Crippen molar-refractivity contribution < 1.29 is 19.0 Å². The highest BCUT2D eigenvalue weighted by Gasteiger charge is 2.24. The van der Waals surface area contributed by atoms with E-state index in [4.69, 9.17) is 14.2 Å². The Morgan fingerprint density at radius 2 is 1.73 bits per heavy atom. The summed E-state index contributed by atoms with van der Waals surface area (Å²) in [6.07, 6.45) is 0. The van der Waals surface area contributed by atoms with Crippen LogP contribution in [0, 0.1) is 0 Å². The van der Waals surface area contributed by atoms with Gasteiger partial charge < -0.3 is 24.8 Å². The molecule has 1 aliphatic rings. The fraction of sp³-hybridized carbons (Fsp3) is 0.435. The van der Waals surface area contributed by atoms with Crippen LogP contribution in [0.15, 0.2) is 48.5 Å². The summed E-state index contributed by atoms with van der Waals surface area (Å²) in [5, 5.41) is 6.05. The van der Waals surface area contributed by atoms with Crippen LogP contribution in [0.3, 0.4) is 0 Å². The Balaban J connectivity index is 1.69. The lowest BCUT2D eigenvalue weighted by atomic mass is 10.0. The Hall–Kier alpha value is -2.77. The Kier molecular flexibility index (Phi) is 7.93. The molecular formula is C23H31N3O4. The van der Waals surface area contributed by atoms with Gasteiger partial charge in [-0.15, -0.1) is 0 Å². The van der Waals surface area contributed by atoms with Gasteiger partial charge in [0.25, 0.3) is 0 Å². The first-order valence-corrected chi connectivity index (χ1v) is 10.3. The third-order valence-electron chi connectivity index (χ3n) is 5.38. The van der Waals surface area contributed by atoms with Gasteiger partial charge in [-0.1, -0.05) is 36.4 Å². The van der Waals surface area contributed by atoms with Gasteiger partial charge in [0.1, 0.15) is 0 Å². The fourth-order valence-corrected chi connectivity index (χ4v) is 3.67. The molecule has 0 saturated carbocycles. The van der Waals surface area contributed by atoms with Crippen molar-refractivity contribution in [2.45, 2.75) is 19.0 Å². The lowest BCUT2D eigenvalue weighted by Crippen LogP contribution is -2.46. The molecule has 2 amide bonds. The molecule has 0 aromatic heterocycles. The first-order chi connectivity index (χ1) is 14.6. The first kappa shape index (κ1) is 21.9. The number of nitrogens with zero attached hydrogens (tertiary/aromatic N) is 1. The summed E-state index contributed by atoms with van der Waals surface area (Å²) in [7, 11) is 3.25. The molecule has 2 atom stereocenters. The standard InChI is InChI=1S/C23H31N3O4/c1-17(18-7-5-4-6-8-18)25-23(27)24-16-20(26-11-13-30-14-12-26)19-9-10-21(28-2)22(15-19)29-3/h4-10,15,17,20H,11-14,16H2,1-3H3,(H2,24,25,27)/t17-,20+/m0/s1. The Bertz CT molecular complexity index is 809. The van der Waals surface area contributed by atoms with E-state index in [9.17, 15) is 4.79 Å². The van der Waals surface area contributed by atoms with E-state index in [1.165, 1.54) is 0 Å². The van der Waals surface area contributed by atoms with E-state index >= 15 is 0 Å². The summed E-state index contributed by atoms with van der Waals surface area (Å²) < 4.78 is 16.3. The molecule has 0 unspecified atom stereocenters. The second-order valence-corrected chi connectivity index (χ2v) is 7.27. The molecule has 0 radical (unpaired) electrons. The summed E-state index contributed by atoms with van der Waals surface area (Å²) in [6.45, 7) is 5.43. The van der Waals surface area contributed by atoms with Gasteiger partial charge in [0, 0.05) is 19.6 Å². The zero-order valence-corrected chi connectivity index (χ0v) is 17.9. The van der Waals surface area contributed by atoms with Crippen molar-refractivity contribution in [1.82, 2.24) is 15.5 Å². The van der Waals surface area contributed by atoms with Crippen molar-refractivity contribution in [1.29, 1.82) is 0 Å². The molecule has 0 bridgehead atoms. The number of carbonyl (C=O) groups is 1. The molecule has 0 aliphatic carbocycles. The average molecular weight is 414 g/mol. The highest BCUT2D eigenvalue weighted by Crippen LogP contribution is 2.32. The number of ether oxygens (including phenoxy) is 3. The lowest BCUT2D eigenvalue weighted by Gasteiger charge is -2.35.